The molecule has 0 saturated carbocycles. The number of ether oxygens (including phenoxy) is 1. The molecule has 0 fully saturated rings. The first-order valence-corrected chi connectivity index (χ1v) is 6.10. The molecule has 106 valence electrons. The molecule has 0 N–H and O–H groups in total. The van der Waals surface area contributed by atoms with E-state index in [1.54, 1.807) is 0 Å². The normalized spacial score (nSPS) is 10.5. The van der Waals surface area contributed by atoms with Gasteiger partial charge in [-0.25, -0.2) is 4.79 Å². The summed E-state index contributed by atoms with van der Waals surface area (Å²) in [5.74, 6) is -0.356. The highest BCUT2D eigenvalue weighted by molar-refractivity contribution is 5.81. The number of halogens is 1. The average molecular weight is 284 g/mol. The fourth-order valence-corrected chi connectivity index (χ4v) is 1.72. The first-order valence-electron chi connectivity index (χ1n) is 6.10. The largest absolute Gasteiger partial charge is 1.00 e. The minimum atomic E-state index is -0.356. The Kier molecular flexibility index (Phi) is 7.42. The molecule has 0 amide bonds. The quantitative estimate of drug-likeness (QED) is 0.392. The Bertz CT molecular complexity index is 413. The van der Waals surface area contributed by atoms with Crippen LogP contribution in [0.3, 0.4) is 0 Å². The van der Waals surface area contributed by atoms with Crippen molar-refractivity contribution in [3.63, 3.8) is 0 Å². The molecule has 0 radical (unpaired) electrons. The lowest BCUT2D eigenvalue weighted by atomic mass is 10.1. The maximum atomic E-state index is 10.9. The Morgan fingerprint density at radius 2 is 1.89 bits per heavy atom. The van der Waals surface area contributed by atoms with Gasteiger partial charge in [0, 0.05) is 11.6 Å². The van der Waals surface area contributed by atoms with Gasteiger partial charge in [0.15, 0.2) is 0 Å². The van der Waals surface area contributed by atoms with Crippen molar-refractivity contribution < 1.29 is 26.4 Å². The molecule has 0 aliphatic rings. The molecule has 4 heteroatoms. The predicted octanol–water partition coefficient (Wildman–Crippen LogP) is -0.695. The van der Waals surface area contributed by atoms with Gasteiger partial charge in [0.05, 0.1) is 14.1 Å². The second-order valence-electron chi connectivity index (χ2n) is 5.17. The minimum absolute atomic E-state index is 0. The highest BCUT2D eigenvalue weighted by atomic mass is 35.5. The third kappa shape index (κ3) is 6.99. The zero-order valence-corrected chi connectivity index (χ0v) is 12.6. The van der Waals surface area contributed by atoms with E-state index in [0.717, 1.165) is 17.6 Å². The van der Waals surface area contributed by atoms with E-state index in [9.17, 15) is 4.79 Å². The van der Waals surface area contributed by atoms with E-state index in [1.807, 2.05) is 0 Å². The lowest BCUT2D eigenvalue weighted by Gasteiger charge is -2.29. The molecular formula is C15H22ClNO2. The molecule has 0 atom stereocenters. The second-order valence-corrected chi connectivity index (χ2v) is 5.17. The van der Waals surface area contributed by atoms with E-state index in [4.69, 9.17) is 4.74 Å². The zero-order valence-electron chi connectivity index (χ0n) is 11.9. The van der Waals surface area contributed by atoms with Crippen molar-refractivity contribution in [2.45, 2.75) is 13.5 Å². The van der Waals surface area contributed by atoms with E-state index >= 15 is 0 Å². The third-order valence-electron chi connectivity index (χ3n) is 2.84. The van der Waals surface area contributed by atoms with Crippen molar-refractivity contribution in [3.8, 4) is 0 Å². The number of carbonyl (C=O) groups is 1. The SMILES string of the molecule is C=CC(=O)OCC[N+](C)(C)Cc1ccc(C)cc1.[Cl-]. The minimum Gasteiger partial charge on any atom is -1.00 e. The molecule has 0 aliphatic heterocycles. The summed E-state index contributed by atoms with van der Waals surface area (Å²) in [5.41, 5.74) is 2.56. The van der Waals surface area contributed by atoms with Gasteiger partial charge < -0.3 is 21.6 Å². The van der Waals surface area contributed by atoms with Crippen LogP contribution in [-0.2, 0) is 16.1 Å². The number of esters is 1. The molecule has 0 heterocycles. The van der Waals surface area contributed by atoms with Gasteiger partial charge in [-0.1, -0.05) is 36.4 Å². The maximum Gasteiger partial charge on any atom is 0.330 e. The average Bonchev–Trinajstić information content (AvgIpc) is 2.31. The van der Waals surface area contributed by atoms with Crippen LogP contribution in [0.1, 0.15) is 11.1 Å². The second kappa shape index (κ2) is 7.97. The van der Waals surface area contributed by atoms with Crippen LogP contribution in [0, 0.1) is 6.92 Å². The Morgan fingerprint density at radius 1 is 1.32 bits per heavy atom. The zero-order chi connectivity index (χ0) is 13.6. The Hall–Kier alpha value is -1.32. The van der Waals surface area contributed by atoms with Crippen molar-refractivity contribution >= 4 is 5.97 Å². The van der Waals surface area contributed by atoms with Crippen LogP contribution >= 0.6 is 0 Å². The van der Waals surface area contributed by atoms with Crippen molar-refractivity contribution in [2.24, 2.45) is 0 Å². The molecule has 1 aromatic carbocycles. The van der Waals surface area contributed by atoms with Crippen LogP contribution in [0.4, 0.5) is 0 Å². The molecule has 0 aliphatic carbocycles. The van der Waals surface area contributed by atoms with Crippen molar-refractivity contribution in [3.05, 3.63) is 48.0 Å². The van der Waals surface area contributed by atoms with Crippen LogP contribution < -0.4 is 12.4 Å². The fraction of sp³-hybridized carbons (Fsp3) is 0.400. The number of rotatable bonds is 6. The topological polar surface area (TPSA) is 26.3 Å². The maximum absolute atomic E-state index is 10.9. The van der Waals surface area contributed by atoms with Gasteiger partial charge in [0.2, 0.25) is 0 Å². The summed E-state index contributed by atoms with van der Waals surface area (Å²) in [5, 5.41) is 0. The number of nitrogens with zero attached hydrogens (tertiary/aromatic N) is 1. The highest BCUT2D eigenvalue weighted by Crippen LogP contribution is 2.10. The summed E-state index contributed by atoms with van der Waals surface area (Å²) >= 11 is 0. The van der Waals surface area contributed by atoms with Gasteiger partial charge >= 0.3 is 5.97 Å². The molecule has 19 heavy (non-hydrogen) atoms. The molecule has 0 bridgehead atoms. The Labute approximate surface area is 121 Å². The number of hydrogen-bond donors (Lipinski definition) is 0. The van der Waals surface area contributed by atoms with E-state index in [2.05, 4.69) is 51.9 Å². The fourth-order valence-electron chi connectivity index (χ4n) is 1.72. The Balaban J connectivity index is 0.00000324. The standard InChI is InChI=1S/C15H22NO2.ClH/c1-5-15(17)18-11-10-16(3,4)12-14-8-6-13(2)7-9-14;/h5-9H,1,10-12H2,2-4H3;1H/q+1;/p-1. The van der Waals surface area contributed by atoms with Crippen molar-refractivity contribution in [1.82, 2.24) is 0 Å². The lowest BCUT2D eigenvalue weighted by molar-refractivity contribution is -0.903. The van der Waals surface area contributed by atoms with E-state index in [1.165, 1.54) is 17.2 Å². The third-order valence-corrected chi connectivity index (χ3v) is 2.84. The van der Waals surface area contributed by atoms with Gasteiger partial charge in [-0.3, -0.25) is 0 Å². The molecule has 0 unspecified atom stereocenters. The highest BCUT2D eigenvalue weighted by Gasteiger charge is 2.16. The molecule has 1 rings (SSSR count). The van der Waals surface area contributed by atoms with Gasteiger partial charge in [0.1, 0.15) is 19.7 Å². The van der Waals surface area contributed by atoms with Crippen LogP contribution in [0.2, 0.25) is 0 Å². The molecule has 1 aromatic rings. The number of benzene rings is 1. The molecule has 0 spiro atoms. The smallest absolute Gasteiger partial charge is 0.330 e. The van der Waals surface area contributed by atoms with Crippen LogP contribution in [-0.4, -0.2) is 37.7 Å². The van der Waals surface area contributed by atoms with Gasteiger partial charge in [-0.05, 0) is 6.92 Å². The summed E-state index contributed by atoms with van der Waals surface area (Å²) in [6.45, 7) is 7.58. The summed E-state index contributed by atoms with van der Waals surface area (Å²) in [4.78, 5) is 10.9. The molecule has 0 saturated heterocycles. The summed E-state index contributed by atoms with van der Waals surface area (Å²) in [6, 6.07) is 8.52. The number of aryl methyl sites for hydroxylation is 1. The van der Waals surface area contributed by atoms with Crippen LogP contribution in [0.5, 0.6) is 0 Å². The van der Waals surface area contributed by atoms with Crippen LogP contribution in [0.25, 0.3) is 0 Å². The van der Waals surface area contributed by atoms with Gasteiger partial charge in [-0.15, -0.1) is 0 Å². The lowest BCUT2D eigenvalue weighted by Crippen LogP contribution is -3.00. The summed E-state index contributed by atoms with van der Waals surface area (Å²) in [7, 11) is 4.25. The monoisotopic (exact) mass is 283 g/mol. The van der Waals surface area contributed by atoms with E-state index < -0.39 is 0 Å². The number of carbonyl (C=O) groups excluding carboxylic acids is 1. The predicted molar refractivity (Wildman–Crippen MR) is 73.0 cm³/mol. The summed E-state index contributed by atoms with van der Waals surface area (Å²) < 4.78 is 5.80. The molecular weight excluding hydrogens is 262 g/mol. The number of likely N-dealkylation sites (N-methyl/N-ethyl adjacent to an activating group) is 1. The number of hydrogen-bond acceptors (Lipinski definition) is 2. The molecule has 3 nitrogen and oxygen atoms in total. The van der Waals surface area contributed by atoms with Crippen molar-refractivity contribution in [2.75, 3.05) is 27.2 Å². The summed E-state index contributed by atoms with van der Waals surface area (Å²) in [6.07, 6.45) is 1.19. The first kappa shape index (κ1) is 17.7. The van der Waals surface area contributed by atoms with Gasteiger partial charge in [-0.2, -0.15) is 0 Å². The van der Waals surface area contributed by atoms with Crippen molar-refractivity contribution in [1.29, 1.82) is 0 Å². The van der Waals surface area contributed by atoms with Crippen LogP contribution in [0.15, 0.2) is 36.9 Å². The molecule has 0 aromatic heterocycles. The van der Waals surface area contributed by atoms with Gasteiger partial charge in [0.25, 0.3) is 0 Å². The first-order chi connectivity index (χ1) is 8.43. The van der Waals surface area contributed by atoms with E-state index in [-0.39, 0.29) is 18.4 Å². The number of quaternary nitrogens is 1. The van der Waals surface area contributed by atoms with E-state index in [0.29, 0.717) is 6.61 Å². The Morgan fingerprint density at radius 3 is 2.42 bits per heavy atom.